The average molecular weight is 183 g/mol. The summed E-state index contributed by atoms with van der Waals surface area (Å²) in [7, 11) is 3.35. The van der Waals surface area contributed by atoms with Gasteiger partial charge in [0.05, 0.1) is 13.5 Å². The Kier molecular flexibility index (Phi) is 5.99. The number of hydrogen-bond donors (Lipinski definition) is 0. The molecule has 0 aliphatic heterocycles. The Morgan fingerprint density at radius 2 is 2.31 bits per heavy atom. The summed E-state index contributed by atoms with van der Waals surface area (Å²) < 4.78 is 4.57. The molecule has 13 heavy (non-hydrogen) atoms. The zero-order valence-corrected chi connectivity index (χ0v) is 8.54. The molecule has 0 aliphatic carbocycles. The van der Waals surface area contributed by atoms with Crippen LogP contribution in [0.1, 0.15) is 19.8 Å². The Morgan fingerprint density at radius 3 is 2.77 bits per heavy atom. The number of esters is 1. The van der Waals surface area contributed by atoms with E-state index in [0.717, 1.165) is 6.54 Å². The maximum Gasteiger partial charge on any atom is 0.307 e. The Labute approximate surface area is 80.1 Å². The first-order valence-electron chi connectivity index (χ1n) is 4.32. The Balaban J connectivity index is 3.76. The summed E-state index contributed by atoms with van der Waals surface area (Å²) in [5, 5.41) is 0. The Morgan fingerprint density at radius 1 is 1.69 bits per heavy atom. The minimum atomic E-state index is -0.181. The van der Waals surface area contributed by atoms with Crippen LogP contribution in [0.25, 0.3) is 0 Å². The predicted molar refractivity (Wildman–Crippen MR) is 52.2 cm³/mol. The van der Waals surface area contributed by atoms with Crippen molar-refractivity contribution in [1.29, 1.82) is 0 Å². The molecule has 0 saturated heterocycles. The zero-order chi connectivity index (χ0) is 10.3. The van der Waals surface area contributed by atoms with E-state index < -0.39 is 0 Å². The van der Waals surface area contributed by atoms with Gasteiger partial charge in [-0.3, -0.25) is 4.79 Å². The molecule has 0 aromatic rings. The number of rotatable bonds is 5. The third-order valence-electron chi connectivity index (χ3n) is 2.05. The highest BCUT2D eigenvalue weighted by Crippen LogP contribution is 2.02. The van der Waals surface area contributed by atoms with Crippen LogP contribution in [-0.2, 0) is 9.53 Å². The van der Waals surface area contributed by atoms with Crippen molar-refractivity contribution in [2.24, 2.45) is 0 Å². The molecule has 1 atom stereocenters. The molecule has 0 aliphatic rings. The van der Waals surface area contributed by atoms with Crippen molar-refractivity contribution in [3.05, 3.63) is 0 Å². The molecule has 0 heterocycles. The van der Waals surface area contributed by atoms with E-state index in [1.54, 1.807) is 0 Å². The van der Waals surface area contributed by atoms with Crippen LogP contribution in [0.3, 0.4) is 0 Å². The van der Waals surface area contributed by atoms with Crippen molar-refractivity contribution in [3.63, 3.8) is 0 Å². The fourth-order valence-corrected chi connectivity index (χ4v) is 0.942. The molecule has 0 fully saturated rings. The van der Waals surface area contributed by atoms with Crippen LogP contribution in [0.2, 0.25) is 0 Å². The van der Waals surface area contributed by atoms with Gasteiger partial charge in [0.2, 0.25) is 0 Å². The number of ether oxygens (including phenoxy) is 1. The van der Waals surface area contributed by atoms with Crippen LogP contribution in [0.15, 0.2) is 0 Å². The van der Waals surface area contributed by atoms with Gasteiger partial charge in [-0.15, -0.1) is 12.3 Å². The SMILES string of the molecule is C#CCCN(C)[C@H](C)CC(=O)OC. The van der Waals surface area contributed by atoms with Crippen molar-refractivity contribution >= 4 is 5.97 Å². The van der Waals surface area contributed by atoms with Gasteiger partial charge < -0.3 is 9.64 Å². The molecule has 0 N–H and O–H groups in total. The summed E-state index contributed by atoms with van der Waals surface area (Å²) in [6, 6.07) is 0.181. The highest BCUT2D eigenvalue weighted by atomic mass is 16.5. The normalized spacial score (nSPS) is 12.2. The van der Waals surface area contributed by atoms with Crippen LogP contribution < -0.4 is 0 Å². The lowest BCUT2D eigenvalue weighted by atomic mass is 10.2. The van der Waals surface area contributed by atoms with E-state index in [9.17, 15) is 4.79 Å². The molecular weight excluding hydrogens is 166 g/mol. The number of carbonyl (C=O) groups is 1. The predicted octanol–water partition coefficient (Wildman–Crippen LogP) is 0.893. The summed E-state index contributed by atoms with van der Waals surface area (Å²) in [6.45, 7) is 2.79. The van der Waals surface area contributed by atoms with Crippen molar-refractivity contribution < 1.29 is 9.53 Å². The van der Waals surface area contributed by atoms with Gasteiger partial charge >= 0.3 is 5.97 Å². The van der Waals surface area contributed by atoms with Crippen molar-refractivity contribution in [2.75, 3.05) is 20.7 Å². The fraction of sp³-hybridized carbons (Fsp3) is 0.700. The van der Waals surface area contributed by atoms with Gasteiger partial charge in [0.1, 0.15) is 0 Å². The van der Waals surface area contributed by atoms with Crippen molar-refractivity contribution in [1.82, 2.24) is 4.90 Å². The van der Waals surface area contributed by atoms with E-state index in [1.807, 2.05) is 14.0 Å². The molecule has 0 amide bonds. The lowest BCUT2D eigenvalue weighted by Gasteiger charge is -2.22. The topological polar surface area (TPSA) is 29.5 Å². The first kappa shape index (κ1) is 12.0. The highest BCUT2D eigenvalue weighted by Gasteiger charge is 2.12. The van der Waals surface area contributed by atoms with E-state index >= 15 is 0 Å². The number of carbonyl (C=O) groups excluding carboxylic acids is 1. The van der Waals surface area contributed by atoms with E-state index in [2.05, 4.69) is 15.6 Å². The van der Waals surface area contributed by atoms with Gasteiger partial charge in [-0.2, -0.15) is 0 Å². The first-order chi connectivity index (χ1) is 6.11. The third kappa shape index (κ3) is 5.26. The zero-order valence-electron chi connectivity index (χ0n) is 8.54. The van der Waals surface area contributed by atoms with Gasteiger partial charge in [-0.25, -0.2) is 0 Å². The molecule has 0 bridgehead atoms. The van der Waals surface area contributed by atoms with Crippen LogP contribution in [0.4, 0.5) is 0 Å². The monoisotopic (exact) mass is 183 g/mol. The summed E-state index contributed by atoms with van der Waals surface area (Å²) in [5.41, 5.74) is 0. The molecule has 0 saturated carbocycles. The van der Waals surface area contributed by atoms with E-state index in [0.29, 0.717) is 12.8 Å². The minimum Gasteiger partial charge on any atom is -0.469 e. The van der Waals surface area contributed by atoms with Gasteiger partial charge in [0.15, 0.2) is 0 Å². The van der Waals surface area contributed by atoms with Crippen molar-refractivity contribution in [3.8, 4) is 12.3 Å². The van der Waals surface area contributed by atoms with Gasteiger partial charge in [0.25, 0.3) is 0 Å². The molecule has 0 rings (SSSR count). The molecule has 0 aromatic carbocycles. The molecule has 3 heteroatoms. The quantitative estimate of drug-likeness (QED) is 0.468. The molecule has 0 unspecified atom stereocenters. The highest BCUT2D eigenvalue weighted by molar-refractivity contribution is 5.69. The summed E-state index contributed by atoms with van der Waals surface area (Å²) in [6.07, 6.45) is 6.26. The lowest BCUT2D eigenvalue weighted by molar-refractivity contribution is -0.141. The van der Waals surface area contributed by atoms with E-state index in [1.165, 1.54) is 7.11 Å². The fourth-order valence-electron chi connectivity index (χ4n) is 0.942. The second-order valence-corrected chi connectivity index (χ2v) is 3.06. The van der Waals surface area contributed by atoms with Crippen molar-refractivity contribution in [2.45, 2.75) is 25.8 Å². The summed E-state index contributed by atoms with van der Waals surface area (Å²) in [5.74, 6) is 2.38. The second-order valence-electron chi connectivity index (χ2n) is 3.06. The number of methoxy groups -OCH3 is 1. The molecule has 0 spiro atoms. The standard InChI is InChI=1S/C10H17NO2/c1-5-6-7-11(3)9(2)8-10(12)13-4/h1,9H,6-8H2,2-4H3/t9-/m1/s1. The number of hydrogen-bond acceptors (Lipinski definition) is 3. The van der Waals surface area contributed by atoms with Gasteiger partial charge in [-0.05, 0) is 14.0 Å². The van der Waals surface area contributed by atoms with E-state index in [-0.39, 0.29) is 12.0 Å². The molecule has 3 nitrogen and oxygen atoms in total. The first-order valence-corrected chi connectivity index (χ1v) is 4.32. The molecule has 0 aromatic heterocycles. The lowest BCUT2D eigenvalue weighted by Crippen LogP contribution is -2.32. The summed E-state index contributed by atoms with van der Waals surface area (Å²) >= 11 is 0. The maximum atomic E-state index is 10.9. The van der Waals surface area contributed by atoms with E-state index in [4.69, 9.17) is 6.42 Å². The average Bonchev–Trinajstić information content (AvgIpc) is 2.13. The number of terminal acetylenes is 1. The largest absolute Gasteiger partial charge is 0.469 e. The molecular formula is C10H17NO2. The molecule has 0 radical (unpaired) electrons. The third-order valence-corrected chi connectivity index (χ3v) is 2.05. The van der Waals surface area contributed by atoms with Crippen LogP contribution >= 0.6 is 0 Å². The van der Waals surface area contributed by atoms with Crippen LogP contribution in [0.5, 0.6) is 0 Å². The molecule has 74 valence electrons. The smallest absolute Gasteiger partial charge is 0.307 e. The second kappa shape index (κ2) is 6.50. The number of nitrogens with zero attached hydrogens (tertiary/aromatic N) is 1. The van der Waals surface area contributed by atoms with Gasteiger partial charge in [-0.1, -0.05) is 0 Å². The minimum absolute atomic E-state index is 0.181. The summed E-state index contributed by atoms with van der Waals surface area (Å²) in [4.78, 5) is 13.0. The Bertz CT molecular complexity index is 196. The van der Waals surface area contributed by atoms with Crippen LogP contribution in [0, 0.1) is 12.3 Å². The maximum absolute atomic E-state index is 10.9. The van der Waals surface area contributed by atoms with Crippen LogP contribution in [-0.4, -0.2) is 37.6 Å². The van der Waals surface area contributed by atoms with Gasteiger partial charge in [0, 0.05) is 19.0 Å². The Hall–Kier alpha value is -1.01.